The van der Waals surface area contributed by atoms with Gasteiger partial charge in [-0.3, -0.25) is 19.7 Å². The highest BCUT2D eigenvalue weighted by Crippen LogP contribution is 2.19. The van der Waals surface area contributed by atoms with Crippen LogP contribution >= 0.6 is 0 Å². The number of nitro groups is 1. The summed E-state index contributed by atoms with van der Waals surface area (Å²) in [6.07, 6.45) is 7.63. The number of likely N-dealkylation sites (tertiary alicyclic amines) is 1. The second-order valence-electron chi connectivity index (χ2n) is 6.67. The monoisotopic (exact) mass is 383 g/mol. The largest absolute Gasteiger partial charge is 0.472 e. The van der Waals surface area contributed by atoms with Crippen molar-refractivity contribution >= 4 is 23.6 Å². The molecular weight excluding hydrogens is 362 g/mol. The molecule has 28 heavy (non-hydrogen) atoms. The molecule has 1 aromatic heterocycles. The molecule has 8 nitrogen and oxygen atoms in total. The number of furan rings is 1. The van der Waals surface area contributed by atoms with Gasteiger partial charge in [0.2, 0.25) is 5.91 Å². The molecule has 2 heterocycles. The minimum atomic E-state index is -0.464. The average Bonchev–Trinajstić information content (AvgIpc) is 3.25. The molecule has 0 bridgehead atoms. The lowest BCUT2D eigenvalue weighted by molar-refractivity contribution is -0.384. The Morgan fingerprint density at radius 3 is 2.54 bits per heavy atom. The maximum Gasteiger partial charge on any atom is 0.269 e. The Kier molecular flexibility index (Phi) is 6.21. The van der Waals surface area contributed by atoms with Crippen molar-refractivity contribution in [3.05, 3.63) is 70.2 Å². The van der Waals surface area contributed by atoms with E-state index < -0.39 is 4.92 Å². The summed E-state index contributed by atoms with van der Waals surface area (Å²) < 4.78 is 4.95. The highest BCUT2D eigenvalue weighted by Gasteiger charge is 2.24. The lowest BCUT2D eigenvalue weighted by Crippen LogP contribution is -2.41. The molecule has 0 spiro atoms. The van der Waals surface area contributed by atoms with E-state index in [0.29, 0.717) is 36.7 Å². The van der Waals surface area contributed by atoms with Gasteiger partial charge >= 0.3 is 0 Å². The van der Waals surface area contributed by atoms with E-state index >= 15 is 0 Å². The first-order chi connectivity index (χ1) is 13.5. The van der Waals surface area contributed by atoms with Gasteiger partial charge in [-0.2, -0.15) is 0 Å². The number of amides is 2. The predicted octanol–water partition coefficient (Wildman–Crippen LogP) is 2.87. The number of rotatable bonds is 6. The van der Waals surface area contributed by atoms with E-state index in [4.69, 9.17) is 4.42 Å². The predicted molar refractivity (Wildman–Crippen MR) is 102 cm³/mol. The van der Waals surface area contributed by atoms with E-state index in [2.05, 4.69) is 5.32 Å². The molecule has 0 saturated carbocycles. The molecule has 0 unspecified atom stereocenters. The smallest absolute Gasteiger partial charge is 0.269 e. The number of benzene rings is 1. The first kappa shape index (κ1) is 19.3. The van der Waals surface area contributed by atoms with Crippen molar-refractivity contribution in [3.63, 3.8) is 0 Å². The number of hydrogen-bond acceptors (Lipinski definition) is 5. The molecular formula is C20H21N3O5. The SMILES string of the molecule is O=C(/C=C/c1ccc([N+](=O)[O-])cc1)NCC1CCN(C(=O)c2ccoc2)CC1. The Morgan fingerprint density at radius 1 is 1.21 bits per heavy atom. The summed E-state index contributed by atoms with van der Waals surface area (Å²) in [6, 6.07) is 7.64. The number of non-ortho nitro benzene ring substituents is 1. The van der Waals surface area contributed by atoms with E-state index in [-0.39, 0.29) is 17.5 Å². The second-order valence-corrected chi connectivity index (χ2v) is 6.67. The van der Waals surface area contributed by atoms with Gasteiger partial charge < -0.3 is 14.6 Å². The van der Waals surface area contributed by atoms with Crippen molar-refractivity contribution in [2.45, 2.75) is 12.8 Å². The molecule has 1 aliphatic rings. The fourth-order valence-corrected chi connectivity index (χ4v) is 3.09. The number of carbonyl (C=O) groups is 2. The van der Waals surface area contributed by atoms with Crippen molar-refractivity contribution in [1.29, 1.82) is 0 Å². The van der Waals surface area contributed by atoms with Gasteiger partial charge in [0, 0.05) is 37.8 Å². The lowest BCUT2D eigenvalue weighted by Gasteiger charge is -2.31. The van der Waals surface area contributed by atoms with Crippen LogP contribution in [0.25, 0.3) is 6.08 Å². The van der Waals surface area contributed by atoms with Gasteiger partial charge in [-0.25, -0.2) is 0 Å². The summed E-state index contributed by atoms with van der Waals surface area (Å²) in [5, 5.41) is 13.5. The van der Waals surface area contributed by atoms with E-state index in [1.165, 1.54) is 30.7 Å². The summed E-state index contributed by atoms with van der Waals surface area (Å²) in [6.45, 7) is 1.86. The maximum atomic E-state index is 12.3. The Morgan fingerprint density at radius 2 is 1.93 bits per heavy atom. The van der Waals surface area contributed by atoms with Crippen molar-refractivity contribution in [2.24, 2.45) is 5.92 Å². The van der Waals surface area contributed by atoms with E-state index in [1.54, 1.807) is 29.2 Å². The molecule has 1 aliphatic heterocycles. The highest BCUT2D eigenvalue weighted by molar-refractivity contribution is 5.94. The van der Waals surface area contributed by atoms with Crippen LogP contribution in [0.15, 0.2) is 53.4 Å². The average molecular weight is 383 g/mol. The summed E-state index contributed by atoms with van der Waals surface area (Å²) >= 11 is 0. The summed E-state index contributed by atoms with van der Waals surface area (Å²) in [5.41, 5.74) is 1.29. The van der Waals surface area contributed by atoms with Crippen LogP contribution in [0.1, 0.15) is 28.8 Å². The molecule has 1 saturated heterocycles. The number of nitrogens with one attached hydrogen (secondary N) is 1. The third-order valence-electron chi connectivity index (χ3n) is 4.77. The van der Waals surface area contributed by atoms with Crippen LogP contribution in [0, 0.1) is 16.0 Å². The van der Waals surface area contributed by atoms with Gasteiger partial charge in [0.25, 0.3) is 11.6 Å². The van der Waals surface area contributed by atoms with Gasteiger partial charge in [0.1, 0.15) is 6.26 Å². The summed E-state index contributed by atoms with van der Waals surface area (Å²) in [5.74, 6) is 0.0858. The minimum Gasteiger partial charge on any atom is -0.472 e. The Labute approximate surface area is 162 Å². The number of nitrogens with zero attached hydrogens (tertiary/aromatic N) is 2. The number of piperidine rings is 1. The topological polar surface area (TPSA) is 106 Å². The fourth-order valence-electron chi connectivity index (χ4n) is 3.09. The fraction of sp³-hybridized carbons (Fsp3) is 0.300. The van der Waals surface area contributed by atoms with Crippen molar-refractivity contribution in [2.75, 3.05) is 19.6 Å². The van der Waals surface area contributed by atoms with Crippen molar-refractivity contribution in [3.8, 4) is 0 Å². The third kappa shape index (κ3) is 5.06. The molecule has 146 valence electrons. The zero-order valence-electron chi connectivity index (χ0n) is 15.2. The van der Waals surface area contributed by atoms with Crippen LogP contribution in [0.4, 0.5) is 5.69 Å². The molecule has 3 rings (SSSR count). The van der Waals surface area contributed by atoms with Gasteiger partial charge in [-0.15, -0.1) is 0 Å². The number of carbonyl (C=O) groups excluding carboxylic acids is 2. The molecule has 0 radical (unpaired) electrons. The minimum absolute atomic E-state index is 0.0131. The molecule has 2 aromatic rings. The molecule has 0 atom stereocenters. The summed E-state index contributed by atoms with van der Waals surface area (Å²) in [7, 11) is 0. The van der Waals surface area contributed by atoms with E-state index in [1.807, 2.05) is 0 Å². The first-order valence-corrected chi connectivity index (χ1v) is 9.05. The second kappa shape index (κ2) is 8.98. The van der Waals surface area contributed by atoms with Gasteiger partial charge in [0.15, 0.2) is 0 Å². The van der Waals surface area contributed by atoms with Gasteiger partial charge in [-0.1, -0.05) is 0 Å². The van der Waals surface area contributed by atoms with E-state index in [9.17, 15) is 19.7 Å². The molecule has 8 heteroatoms. The van der Waals surface area contributed by atoms with Crippen LogP contribution in [0.2, 0.25) is 0 Å². The first-order valence-electron chi connectivity index (χ1n) is 9.05. The highest BCUT2D eigenvalue weighted by atomic mass is 16.6. The van der Waals surface area contributed by atoms with Crippen LogP contribution < -0.4 is 5.32 Å². The maximum absolute atomic E-state index is 12.3. The van der Waals surface area contributed by atoms with Crippen molar-refractivity contribution < 1.29 is 18.9 Å². The third-order valence-corrected chi connectivity index (χ3v) is 4.77. The van der Waals surface area contributed by atoms with Crippen LogP contribution in [-0.2, 0) is 4.79 Å². The summed E-state index contributed by atoms with van der Waals surface area (Å²) in [4.78, 5) is 36.2. The van der Waals surface area contributed by atoms with Crippen molar-refractivity contribution in [1.82, 2.24) is 10.2 Å². The zero-order chi connectivity index (χ0) is 19.9. The quantitative estimate of drug-likeness (QED) is 0.469. The Hall–Kier alpha value is -3.42. The molecule has 1 fully saturated rings. The zero-order valence-corrected chi connectivity index (χ0v) is 15.2. The molecule has 0 aliphatic carbocycles. The molecule has 2 amide bonds. The van der Waals surface area contributed by atoms with Gasteiger partial charge in [0.05, 0.1) is 16.7 Å². The van der Waals surface area contributed by atoms with Crippen LogP contribution in [-0.4, -0.2) is 41.3 Å². The number of hydrogen-bond donors (Lipinski definition) is 1. The van der Waals surface area contributed by atoms with E-state index in [0.717, 1.165) is 12.8 Å². The Balaban J connectivity index is 1.40. The lowest BCUT2D eigenvalue weighted by atomic mass is 9.96. The Bertz CT molecular complexity index is 850. The number of nitro benzene ring substituents is 1. The normalized spacial score (nSPS) is 14.9. The van der Waals surface area contributed by atoms with Gasteiger partial charge in [-0.05, 0) is 48.6 Å². The standard InChI is InChI=1S/C20H21N3O5/c24-19(6-3-15-1-4-18(5-2-15)23(26)27)21-13-16-7-10-22(11-8-16)20(25)17-9-12-28-14-17/h1-6,9,12,14,16H,7-8,10-11,13H2,(H,21,24)/b6-3+. The molecule has 1 aromatic carbocycles. The van der Waals surface area contributed by atoms with Crippen LogP contribution in [0.3, 0.4) is 0 Å². The van der Waals surface area contributed by atoms with Crippen LogP contribution in [0.5, 0.6) is 0 Å². The molecule has 1 N–H and O–H groups in total.